The number of anilines is 2. The monoisotopic (exact) mass is 996 g/mol. The average Bonchev–Trinajstić information content (AvgIpc) is 3.85. The Morgan fingerprint density at radius 2 is 0.667 bits per heavy atom. The van der Waals surface area contributed by atoms with Gasteiger partial charge in [-0.2, -0.15) is 10.2 Å². The Kier molecular flexibility index (Phi) is 11.8. The largest absolute Gasteiger partial charge is 0.397 e. The molecule has 2 heterocycles. The summed E-state index contributed by atoms with van der Waals surface area (Å²) in [7, 11) is 0. The van der Waals surface area contributed by atoms with Crippen molar-refractivity contribution in [3.63, 3.8) is 0 Å². The minimum Gasteiger partial charge on any atom is -0.397 e. The van der Waals surface area contributed by atoms with Gasteiger partial charge in [-0.3, -0.25) is 20.2 Å². The van der Waals surface area contributed by atoms with E-state index in [2.05, 4.69) is 109 Å². The smallest absolute Gasteiger partial charge is 0.348 e. The number of rotatable bonds is 10. The number of nitro benzene ring substituents is 2. The highest BCUT2D eigenvalue weighted by molar-refractivity contribution is 9.10. The lowest BCUT2D eigenvalue weighted by Gasteiger charge is -2.37. The molecule has 0 atom stereocenters. The number of fused-ring (bicyclic) bond motifs is 2. The molecule has 0 saturated heterocycles. The van der Waals surface area contributed by atoms with Gasteiger partial charge >= 0.3 is 11.4 Å². The minimum absolute atomic E-state index is 0.345. The molecule has 0 unspecified atom stereocenters. The topological polar surface area (TPSA) is 174 Å². The number of aromatic nitrogens is 4. The van der Waals surface area contributed by atoms with Gasteiger partial charge in [0.2, 0.25) is 0 Å². The zero-order valence-electron chi connectivity index (χ0n) is 34.9. The van der Waals surface area contributed by atoms with Crippen LogP contribution in [0.25, 0.3) is 21.8 Å². The zero-order chi connectivity index (χ0) is 46.0. The normalized spacial score (nSPS) is 11.5. The van der Waals surface area contributed by atoms with E-state index in [1.54, 1.807) is 4.68 Å². The second kappa shape index (κ2) is 17.9. The third kappa shape index (κ3) is 7.35. The van der Waals surface area contributed by atoms with Crippen LogP contribution < -0.4 is 11.5 Å². The number of benzene rings is 8. The summed E-state index contributed by atoms with van der Waals surface area (Å²) >= 11 is 7.11. The molecule has 0 aliphatic carbocycles. The maximum atomic E-state index is 11.8. The summed E-state index contributed by atoms with van der Waals surface area (Å²) in [4.78, 5) is 21.9. The first-order valence-electron chi connectivity index (χ1n) is 20.6. The highest BCUT2D eigenvalue weighted by Gasteiger charge is 2.43. The molecule has 12 nitrogen and oxygen atoms in total. The average molecular weight is 999 g/mol. The third-order valence-electron chi connectivity index (χ3n) is 11.7. The molecule has 0 aliphatic heterocycles. The van der Waals surface area contributed by atoms with Gasteiger partial charge in [-0.15, -0.1) is 0 Å². The molecule has 0 fully saturated rings. The van der Waals surface area contributed by atoms with Crippen LogP contribution in [-0.4, -0.2) is 29.4 Å². The molecule has 0 aliphatic rings. The Morgan fingerprint density at radius 1 is 0.409 bits per heavy atom. The number of nitro groups is 2. The molecule has 66 heavy (non-hydrogen) atoms. The van der Waals surface area contributed by atoms with Crippen molar-refractivity contribution in [1.82, 2.24) is 19.6 Å². The Labute approximate surface area is 395 Å². The maximum Gasteiger partial charge on any atom is 0.348 e. The van der Waals surface area contributed by atoms with Crippen molar-refractivity contribution in [3.8, 4) is 0 Å². The van der Waals surface area contributed by atoms with Crippen LogP contribution in [0, 0.1) is 20.2 Å². The fourth-order valence-corrected chi connectivity index (χ4v) is 9.82. The second-order valence-corrected chi connectivity index (χ2v) is 16.9. The van der Waals surface area contributed by atoms with Gasteiger partial charge in [-0.25, -0.2) is 9.36 Å². The fourth-order valence-electron chi connectivity index (χ4n) is 8.87. The predicted octanol–water partition coefficient (Wildman–Crippen LogP) is 12.3. The first-order valence-corrected chi connectivity index (χ1v) is 22.2. The molecular weight excluding hydrogens is 960 g/mol. The molecule has 4 N–H and O–H groups in total. The van der Waals surface area contributed by atoms with Gasteiger partial charge in [0.1, 0.15) is 20.3 Å². The van der Waals surface area contributed by atoms with Gasteiger partial charge in [-0.05, 0) is 77.4 Å². The van der Waals surface area contributed by atoms with E-state index in [-0.39, 0.29) is 0 Å². The van der Waals surface area contributed by atoms with Gasteiger partial charge < -0.3 is 11.5 Å². The van der Waals surface area contributed by atoms with E-state index in [9.17, 15) is 20.2 Å². The highest BCUT2D eigenvalue weighted by Crippen LogP contribution is 2.46. The molecule has 2 aromatic heterocycles. The van der Waals surface area contributed by atoms with E-state index in [0.29, 0.717) is 26.9 Å². The number of nitrogen functional groups attached to an aromatic ring is 2. The molecule has 0 radical (unpaired) electrons. The summed E-state index contributed by atoms with van der Waals surface area (Å²) in [6.07, 6.45) is 0. The zero-order valence-corrected chi connectivity index (χ0v) is 38.0. The van der Waals surface area contributed by atoms with E-state index in [0.717, 1.165) is 48.9 Å². The van der Waals surface area contributed by atoms with Crippen LogP contribution in [0.5, 0.6) is 0 Å². The van der Waals surface area contributed by atoms with Gasteiger partial charge in [0.25, 0.3) is 0 Å². The Morgan fingerprint density at radius 3 is 0.970 bits per heavy atom. The minimum atomic E-state index is -1.03. The third-order valence-corrected chi connectivity index (χ3v) is 12.9. The Bertz CT molecular complexity index is 3160. The molecule has 324 valence electrons. The van der Waals surface area contributed by atoms with Crippen molar-refractivity contribution in [3.05, 3.63) is 269 Å². The van der Waals surface area contributed by atoms with Crippen LogP contribution in [0.15, 0.2) is 215 Å². The van der Waals surface area contributed by atoms with Gasteiger partial charge in [0.15, 0.2) is 0 Å². The van der Waals surface area contributed by atoms with Crippen LogP contribution in [0.2, 0.25) is 0 Å². The molecule has 10 aromatic rings. The van der Waals surface area contributed by atoms with E-state index < -0.39 is 32.3 Å². The number of hydrogen-bond acceptors (Lipinski definition) is 8. The standard InChI is InChI=1S/C26H17BrN4O4.C26H21BrN4/c27-25-21-16-23(30(32)33)24(31(34)35)17-22(21)29(28-25)26(18-10-4-1-5-11-18,19-12-6-2-7-13-19)20-14-8-3-9-15-20;27-25-21-16-22(28)23(29)17-24(21)31(30-25)26(18-10-4-1-5-11-18,19-12-6-2-7-13-19)20-14-8-3-9-15-20/h1-17H;1-17H,28-29H2. The van der Waals surface area contributed by atoms with E-state index in [4.69, 9.17) is 21.7 Å². The van der Waals surface area contributed by atoms with Gasteiger partial charge in [0.05, 0.1) is 32.3 Å². The van der Waals surface area contributed by atoms with Crippen molar-refractivity contribution in [2.24, 2.45) is 0 Å². The van der Waals surface area contributed by atoms with Crippen LogP contribution in [0.3, 0.4) is 0 Å². The van der Waals surface area contributed by atoms with Crippen LogP contribution in [0.4, 0.5) is 22.7 Å². The second-order valence-electron chi connectivity index (χ2n) is 15.4. The first-order chi connectivity index (χ1) is 32.1. The molecule has 0 spiro atoms. The number of hydrogen-bond donors (Lipinski definition) is 2. The van der Waals surface area contributed by atoms with Crippen LogP contribution in [0.1, 0.15) is 33.4 Å². The predicted molar refractivity (Wildman–Crippen MR) is 266 cm³/mol. The summed E-state index contributed by atoms with van der Waals surface area (Å²) in [5.74, 6) is 0. The maximum absolute atomic E-state index is 11.8. The number of nitrogens with two attached hydrogens (primary N) is 2. The summed E-state index contributed by atoms with van der Waals surface area (Å²) in [5, 5.41) is 34.5. The van der Waals surface area contributed by atoms with Crippen molar-refractivity contribution in [2.45, 2.75) is 11.1 Å². The van der Waals surface area contributed by atoms with E-state index in [1.165, 1.54) is 12.1 Å². The molecule has 0 amide bonds. The van der Waals surface area contributed by atoms with Crippen molar-refractivity contribution in [2.75, 3.05) is 11.5 Å². The molecule has 10 rings (SSSR count). The summed E-state index contributed by atoms with van der Waals surface area (Å²) < 4.78 is 4.84. The quantitative estimate of drug-likeness (QED) is 0.0589. The van der Waals surface area contributed by atoms with Crippen molar-refractivity contribution in [1.29, 1.82) is 0 Å². The SMILES string of the molecule is Nc1cc2c(Br)nn(C(c3ccccc3)(c3ccccc3)c3ccccc3)c2cc1N.O=[N+]([O-])c1cc2c(Br)nn(C(c3ccccc3)(c3ccccc3)c3ccccc3)c2cc1[N+](=O)[O-]. The Hall–Kier alpha value is -7.94. The van der Waals surface area contributed by atoms with Crippen LogP contribution in [-0.2, 0) is 11.1 Å². The van der Waals surface area contributed by atoms with Gasteiger partial charge in [-0.1, -0.05) is 182 Å². The van der Waals surface area contributed by atoms with Crippen LogP contribution >= 0.6 is 31.9 Å². The summed E-state index contributed by atoms with van der Waals surface area (Å²) in [6.45, 7) is 0. The van der Waals surface area contributed by atoms with Crippen molar-refractivity contribution >= 4 is 76.4 Å². The fraction of sp³-hybridized carbons (Fsp3) is 0.0385. The van der Waals surface area contributed by atoms with E-state index >= 15 is 0 Å². The lowest BCUT2D eigenvalue weighted by molar-refractivity contribution is -0.422. The number of nitrogens with zero attached hydrogens (tertiary/aromatic N) is 6. The molecule has 0 saturated carbocycles. The molecule has 0 bridgehead atoms. The summed E-state index contributed by atoms with van der Waals surface area (Å²) in [5.41, 5.74) is 17.7. The Balaban J connectivity index is 0.000000167. The highest BCUT2D eigenvalue weighted by atomic mass is 79.9. The first kappa shape index (κ1) is 43.3. The van der Waals surface area contributed by atoms with E-state index in [1.807, 2.05) is 121 Å². The molecular formula is C52H38Br2N8O4. The van der Waals surface area contributed by atoms with Gasteiger partial charge in [0, 0.05) is 22.9 Å². The van der Waals surface area contributed by atoms with Crippen molar-refractivity contribution < 1.29 is 9.85 Å². The lowest BCUT2D eigenvalue weighted by atomic mass is 9.77. The summed E-state index contributed by atoms with van der Waals surface area (Å²) in [6, 6.07) is 66.6. The molecule has 8 aromatic carbocycles. The molecule has 14 heteroatoms. The lowest BCUT2D eigenvalue weighted by Crippen LogP contribution is -2.38. The number of halogens is 2.